The van der Waals surface area contributed by atoms with E-state index >= 15 is 0 Å². The highest BCUT2D eigenvalue weighted by Gasteiger charge is 2.19. The van der Waals surface area contributed by atoms with E-state index in [1.54, 1.807) is 11.3 Å². The highest BCUT2D eigenvalue weighted by atomic mass is 32.1. The molecule has 10 aromatic carbocycles. The van der Waals surface area contributed by atoms with Crippen LogP contribution < -0.4 is 0 Å². The van der Waals surface area contributed by atoms with Crippen molar-refractivity contribution < 1.29 is 4.42 Å². The summed E-state index contributed by atoms with van der Waals surface area (Å²) in [6.07, 6.45) is 0. The molecule has 0 atom stereocenters. The van der Waals surface area contributed by atoms with Gasteiger partial charge in [-0.15, -0.1) is 11.3 Å². The number of thiophene rings is 1. The maximum atomic E-state index is 6.66. The molecule has 0 saturated heterocycles. The van der Waals surface area contributed by atoms with Gasteiger partial charge >= 0.3 is 0 Å². The highest BCUT2D eigenvalue weighted by molar-refractivity contribution is 7.25. The molecule has 292 valence electrons. The molecule has 0 amide bonds. The molecule has 6 heteroatoms. The molecule has 14 aromatic rings. The first-order valence-corrected chi connectivity index (χ1v) is 22.0. The minimum Gasteiger partial charge on any atom is -0.456 e. The fourth-order valence-electron chi connectivity index (χ4n) is 9.75. The molecule has 0 aliphatic rings. The number of aromatic nitrogens is 4. The molecular formula is C57H32N4OS. The van der Waals surface area contributed by atoms with E-state index in [0.717, 1.165) is 55.1 Å². The van der Waals surface area contributed by atoms with Crippen molar-refractivity contribution in [3.63, 3.8) is 0 Å². The molecule has 14 rings (SSSR count). The molecular weight excluding hydrogens is 789 g/mol. The topological polar surface area (TPSA) is 56.7 Å². The van der Waals surface area contributed by atoms with Gasteiger partial charge in [0.25, 0.3) is 0 Å². The molecule has 4 aromatic heterocycles. The molecule has 0 unspecified atom stereocenters. The Balaban J connectivity index is 0.917. The van der Waals surface area contributed by atoms with Gasteiger partial charge in [0.05, 0.1) is 11.0 Å². The highest BCUT2D eigenvalue weighted by Crippen LogP contribution is 2.41. The van der Waals surface area contributed by atoms with Gasteiger partial charge in [0.2, 0.25) is 0 Å². The average molecular weight is 821 g/mol. The van der Waals surface area contributed by atoms with Crippen molar-refractivity contribution in [2.75, 3.05) is 0 Å². The van der Waals surface area contributed by atoms with Crippen LogP contribution in [0.25, 0.3) is 136 Å². The molecule has 0 aliphatic carbocycles. The Kier molecular flexibility index (Phi) is 7.21. The van der Waals surface area contributed by atoms with Gasteiger partial charge in [0.1, 0.15) is 11.2 Å². The summed E-state index contributed by atoms with van der Waals surface area (Å²) in [6.45, 7) is 0. The van der Waals surface area contributed by atoms with E-state index in [1.807, 2.05) is 30.3 Å². The van der Waals surface area contributed by atoms with E-state index < -0.39 is 0 Å². The second kappa shape index (κ2) is 13.2. The fraction of sp³-hybridized carbons (Fsp3) is 0. The minimum atomic E-state index is 0.595. The smallest absolute Gasteiger partial charge is 0.164 e. The van der Waals surface area contributed by atoms with E-state index in [4.69, 9.17) is 19.4 Å². The SMILES string of the molecule is c1ccc(-c2nc(-c3ccc4c(c3)oc3ccc5cc(-n6c7cc8ccccc8cc7c7cc8ccccc8cc76)ccc5c34)nc(-c3ccc4sc5ccccc5c4c3)n2)cc1. The number of benzene rings is 10. The summed E-state index contributed by atoms with van der Waals surface area (Å²) in [5.41, 5.74) is 7.88. The largest absolute Gasteiger partial charge is 0.456 e. The first kappa shape index (κ1) is 34.5. The summed E-state index contributed by atoms with van der Waals surface area (Å²) in [4.78, 5) is 15.2. The molecule has 5 nitrogen and oxygen atoms in total. The molecule has 0 aliphatic heterocycles. The lowest BCUT2D eigenvalue weighted by Crippen LogP contribution is -2.00. The van der Waals surface area contributed by atoms with Crippen LogP contribution in [0.4, 0.5) is 0 Å². The normalized spacial score (nSPS) is 12.1. The van der Waals surface area contributed by atoms with Crippen LogP contribution in [-0.4, -0.2) is 19.5 Å². The molecule has 0 N–H and O–H groups in total. The van der Waals surface area contributed by atoms with Crippen LogP contribution in [0.15, 0.2) is 199 Å². The van der Waals surface area contributed by atoms with E-state index in [-0.39, 0.29) is 0 Å². The third-order valence-electron chi connectivity index (χ3n) is 12.8. The first-order chi connectivity index (χ1) is 31.2. The van der Waals surface area contributed by atoms with Crippen molar-refractivity contribution in [2.45, 2.75) is 0 Å². The van der Waals surface area contributed by atoms with Crippen LogP contribution in [0.5, 0.6) is 0 Å². The Hall–Kier alpha value is -8.19. The molecule has 0 radical (unpaired) electrons. The van der Waals surface area contributed by atoms with Gasteiger partial charge in [-0.2, -0.15) is 0 Å². The Morgan fingerprint density at radius 2 is 0.937 bits per heavy atom. The van der Waals surface area contributed by atoms with E-state index in [2.05, 4.69) is 168 Å². The van der Waals surface area contributed by atoms with Crippen LogP contribution >= 0.6 is 11.3 Å². The van der Waals surface area contributed by atoms with Crippen molar-refractivity contribution in [1.82, 2.24) is 19.5 Å². The lowest BCUT2D eigenvalue weighted by atomic mass is 10.0. The van der Waals surface area contributed by atoms with Crippen molar-refractivity contribution in [2.24, 2.45) is 0 Å². The summed E-state index contributed by atoms with van der Waals surface area (Å²) in [5.74, 6) is 1.85. The van der Waals surface area contributed by atoms with Crippen molar-refractivity contribution >= 4 is 108 Å². The Morgan fingerprint density at radius 1 is 0.349 bits per heavy atom. The van der Waals surface area contributed by atoms with Crippen LogP contribution in [0.3, 0.4) is 0 Å². The Bertz CT molecular complexity index is 4130. The summed E-state index contributed by atoms with van der Waals surface area (Å²) in [5, 5.41) is 14.3. The second-order valence-corrected chi connectivity index (χ2v) is 17.5. The Labute approximate surface area is 363 Å². The molecule has 63 heavy (non-hydrogen) atoms. The molecule has 0 saturated carbocycles. The monoisotopic (exact) mass is 820 g/mol. The van der Waals surface area contributed by atoms with Crippen LogP contribution in [0.2, 0.25) is 0 Å². The lowest BCUT2D eigenvalue weighted by Gasteiger charge is -2.11. The summed E-state index contributed by atoms with van der Waals surface area (Å²) in [7, 11) is 0. The Morgan fingerprint density at radius 3 is 1.67 bits per heavy atom. The maximum absolute atomic E-state index is 6.66. The summed E-state index contributed by atoms with van der Waals surface area (Å²) < 4.78 is 11.6. The van der Waals surface area contributed by atoms with E-state index in [9.17, 15) is 0 Å². The molecule has 4 heterocycles. The zero-order chi connectivity index (χ0) is 41.2. The minimum absolute atomic E-state index is 0.595. The van der Waals surface area contributed by atoms with Crippen LogP contribution in [0, 0.1) is 0 Å². The standard InChI is InChI=1S/C57H32N4OS/c1-2-10-33(11-3-1)55-58-56(39-20-25-53-47(29-39)43-16-8-9-17-52(43)63-53)60-57(59-55)40-18-22-44-51(32-40)62-50-24-19-38-26-41(21-23-42(38)54(44)50)61-48-30-36-14-6-4-12-34(36)27-45(48)46-28-35-13-5-7-15-37(35)31-49(46)61/h1-32H. The zero-order valence-corrected chi connectivity index (χ0v) is 34.4. The summed E-state index contributed by atoms with van der Waals surface area (Å²) in [6, 6.07) is 69.3. The molecule has 0 spiro atoms. The number of fused-ring (bicyclic) bond motifs is 13. The maximum Gasteiger partial charge on any atom is 0.164 e. The zero-order valence-electron chi connectivity index (χ0n) is 33.6. The predicted octanol–water partition coefficient (Wildman–Crippen LogP) is 15.7. The predicted molar refractivity (Wildman–Crippen MR) is 263 cm³/mol. The van der Waals surface area contributed by atoms with Gasteiger partial charge in [-0.3, -0.25) is 0 Å². The molecule has 0 fully saturated rings. The van der Waals surface area contributed by atoms with Crippen molar-refractivity contribution in [3.05, 3.63) is 194 Å². The lowest BCUT2D eigenvalue weighted by molar-refractivity contribution is 0.669. The van der Waals surface area contributed by atoms with Gasteiger partial charge in [-0.1, -0.05) is 115 Å². The number of nitrogens with zero attached hydrogens (tertiary/aromatic N) is 4. The molecule has 0 bridgehead atoms. The van der Waals surface area contributed by atoms with Crippen LogP contribution in [-0.2, 0) is 0 Å². The number of hydrogen-bond donors (Lipinski definition) is 0. The number of hydrogen-bond acceptors (Lipinski definition) is 5. The van der Waals surface area contributed by atoms with E-state index in [1.165, 1.54) is 63.5 Å². The van der Waals surface area contributed by atoms with Crippen molar-refractivity contribution in [3.8, 4) is 39.9 Å². The third-order valence-corrected chi connectivity index (χ3v) is 13.9. The third kappa shape index (κ3) is 5.32. The van der Waals surface area contributed by atoms with Crippen LogP contribution in [0.1, 0.15) is 0 Å². The van der Waals surface area contributed by atoms with Crippen molar-refractivity contribution in [1.29, 1.82) is 0 Å². The first-order valence-electron chi connectivity index (χ1n) is 21.2. The second-order valence-electron chi connectivity index (χ2n) is 16.4. The average Bonchev–Trinajstić information content (AvgIpc) is 4.01. The van der Waals surface area contributed by atoms with Gasteiger partial charge in [0, 0.05) is 64.1 Å². The van der Waals surface area contributed by atoms with E-state index in [0.29, 0.717) is 17.5 Å². The number of furan rings is 1. The van der Waals surface area contributed by atoms with Gasteiger partial charge in [0.15, 0.2) is 17.5 Å². The van der Waals surface area contributed by atoms with Gasteiger partial charge in [-0.05, 0) is 111 Å². The van der Waals surface area contributed by atoms with Gasteiger partial charge in [-0.25, -0.2) is 15.0 Å². The summed E-state index contributed by atoms with van der Waals surface area (Å²) >= 11 is 1.81. The van der Waals surface area contributed by atoms with Gasteiger partial charge < -0.3 is 8.98 Å². The number of rotatable bonds is 4. The quantitative estimate of drug-likeness (QED) is 0.177. The fourth-order valence-corrected chi connectivity index (χ4v) is 10.8.